The van der Waals surface area contributed by atoms with Gasteiger partial charge in [0.25, 0.3) is 5.91 Å². The van der Waals surface area contributed by atoms with Crippen molar-refractivity contribution in [1.29, 1.82) is 0 Å². The summed E-state index contributed by atoms with van der Waals surface area (Å²) in [7, 11) is 0. The van der Waals surface area contributed by atoms with Crippen LogP contribution in [0.2, 0.25) is 0 Å². The van der Waals surface area contributed by atoms with Crippen molar-refractivity contribution in [3.05, 3.63) is 42.5 Å². The molecule has 0 aliphatic heterocycles. The molecule has 0 radical (unpaired) electrons. The molecule has 1 atom stereocenters. The second-order valence-corrected chi connectivity index (χ2v) is 4.78. The lowest BCUT2D eigenvalue weighted by molar-refractivity contribution is -0.156. The summed E-state index contributed by atoms with van der Waals surface area (Å²) < 4.78 is 10.2. The highest BCUT2D eigenvalue weighted by atomic mass is 16.6. The van der Waals surface area contributed by atoms with Crippen molar-refractivity contribution < 1.29 is 23.9 Å². The third-order valence-electron chi connectivity index (χ3n) is 3.00. The molecule has 0 aliphatic carbocycles. The summed E-state index contributed by atoms with van der Waals surface area (Å²) in [6, 6.07) is 12.1. The smallest absolute Gasteiger partial charge is 0.344 e. The van der Waals surface area contributed by atoms with Gasteiger partial charge in [-0.1, -0.05) is 30.3 Å². The van der Waals surface area contributed by atoms with Crippen LogP contribution in [0.1, 0.15) is 6.92 Å². The van der Waals surface area contributed by atoms with Gasteiger partial charge in [-0.3, -0.25) is 10.1 Å². The molecule has 1 unspecified atom stereocenters. The zero-order valence-corrected chi connectivity index (χ0v) is 12.4. The number of rotatable bonds is 5. The van der Waals surface area contributed by atoms with Crippen LogP contribution in [0.15, 0.2) is 42.5 Å². The quantitative estimate of drug-likeness (QED) is 0.809. The van der Waals surface area contributed by atoms with E-state index in [4.69, 9.17) is 15.2 Å². The molecule has 2 aromatic rings. The average Bonchev–Trinajstić information content (AvgIpc) is 2.52. The minimum absolute atomic E-state index is 0.355. The molecule has 23 heavy (non-hydrogen) atoms. The number of benzene rings is 2. The number of carbonyl (C=O) groups is 3. The predicted octanol–water partition coefficient (Wildman–Crippen LogP) is 1.35. The number of primary amides is 1. The molecular formula is C16H16N2O5. The Kier molecular flexibility index (Phi) is 5.14. The largest absolute Gasteiger partial charge is 0.482 e. The maximum Gasteiger partial charge on any atom is 0.344 e. The highest BCUT2D eigenvalue weighted by Gasteiger charge is 2.19. The summed E-state index contributed by atoms with van der Waals surface area (Å²) in [5.41, 5.74) is 4.81. The number of urea groups is 1. The molecule has 7 heteroatoms. The van der Waals surface area contributed by atoms with E-state index in [0.717, 1.165) is 10.8 Å². The topological polar surface area (TPSA) is 108 Å². The second kappa shape index (κ2) is 7.26. The molecule has 2 rings (SSSR count). The van der Waals surface area contributed by atoms with Crippen molar-refractivity contribution in [3.63, 3.8) is 0 Å². The zero-order valence-electron chi connectivity index (χ0n) is 12.4. The number of hydrogen-bond acceptors (Lipinski definition) is 5. The Hall–Kier alpha value is -3.09. The monoisotopic (exact) mass is 316 g/mol. The van der Waals surface area contributed by atoms with Gasteiger partial charge in [0, 0.05) is 0 Å². The summed E-state index contributed by atoms with van der Waals surface area (Å²) in [5, 5.41) is 3.86. The highest BCUT2D eigenvalue weighted by molar-refractivity contribution is 5.96. The number of carbonyl (C=O) groups excluding carboxylic acids is 3. The Balaban J connectivity index is 1.88. The first-order valence-corrected chi connectivity index (χ1v) is 6.87. The van der Waals surface area contributed by atoms with Gasteiger partial charge in [0.05, 0.1) is 0 Å². The van der Waals surface area contributed by atoms with Crippen molar-refractivity contribution in [1.82, 2.24) is 5.32 Å². The maximum absolute atomic E-state index is 11.6. The number of hydrogen-bond donors (Lipinski definition) is 2. The van der Waals surface area contributed by atoms with Crippen molar-refractivity contribution in [2.45, 2.75) is 13.0 Å². The van der Waals surface area contributed by atoms with E-state index in [0.29, 0.717) is 5.75 Å². The van der Waals surface area contributed by atoms with Gasteiger partial charge in [0.2, 0.25) is 0 Å². The molecule has 3 N–H and O–H groups in total. The van der Waals surface area contributed by atoms with Gasteiger partial charge in [-0.15, -0.1) is 0 Å². The molecular weight excluding hydrogens is 300 g/mol. The summed E-state index contributed by atoms with van der Waals surface area (Å²) in [5.74, 6) is -1.02. The summed E-state index contributed by atoms with van der Waals surface area (Å²) in [4.78, 5) is 33.6. The Labute approximate surface area is 132 Å². The fraction of sp³-hybridized carbons (Fsp3) is 0.188. The van der Waals surface area contributed by atoms with E-state index in [1.165, 1.54) is 6.92 Å². The van der Waals surface area contributed by atoms with E-state index in [1.54, 1.807) is 12.1 Å². The fourth-order valence-electron chi connectivity index (χ4n) is 1.91. The Bertz CT molecular complexity index is 744. The standard InChI is InChI=1S/C16H16N2O5/c1-10(15(20)18-16(17)21)23-14(19)9-22-13-7-6-11-4-2-3-5-12(11)8-13/h2-8,10H,9H2,1H3,(H3,17,18,20,21). The third kappa shape index (κ3) is 4.70. The number of nitrogens with two attached hydrogens (primary N) is 1. The molecule has 3 amide bonds. The first-order valence-electron chi connectivity index (χ1n) is 6.87. The van der Waals surface area contributed by atoms with Gasteiger partial charge >= 0.3 is 12.0 Å². The second-order valence-electron chi connectivity index (χ2n) is 4.78. The number of imide groups is 1. The van der Waals surface area contributed by atoms with E-state index >= 15 is 0 Å². The summed E-state index contributed by atoms with van der Waals surface area (Å²) >= 11 is 0. The van der Waals surface area contributed by atoms with Gasteiger partial charge in [-0.05, 0) is 29.8 Å². The summed E-state index contributed by atoms with van der Waals surface area (Å²) in [6.45, 7) is 0.971. The van der Waals surface area contributed by atoms with Crippen LogP contribution in [0.25, 0.3) is 10.8 Å². The van der Waals surface area contributed by atoms with Crippen LogP contribution in [0.4, 0.5) is 4.79 Å². The molecule has 0 heterocycles. The minimum Gasteiger partial charge on any atom is -0.482 e. The molecule has 0 saturated carbocycles. The Morgan fingerprint density at radius 1 is 1.13 bits per heavy atom. The van der Waals surface area contributed by atoms with Gasteiger partial charge in [-0.25, -0.2) is 9.59 Å². The van der Waals surface area contributed by atoms with Crippen LogP contribution in [0.5, 0.6) is 5.75 Å². The fourth-order valence-corrected chi connectivity index (χ4v) is 1.91. The predicted molar refractivity (Wildman–Crippen MR) is 82.7 cm³/mol. The Morgan fingerprint density at radius 3 is 2.52 bits per heavy atom. The third-order valence-corrected chi connectivity index (χ3v) is 3.00. The zero-order chi connectivity index (χ0) is 16.8. The lowest BCUT2D eigenvalue weighted by atomic mass is 10.1. The van der Waals surface area contributed by atoms with Crippen LogP contribution < -0.4 is 15.8 Å². The van der Waals surface area contributed by atoms with Gasteiger partial charge in [0.15, 0.2) is 12.7 Å². The van der Waals surface area contributed by atoms with Crippen LogP contribution in [-0.4, -0.2) is 30.6 Å². The molecule has 120 valence electrons. The number of amides is 3. The molecule has 0 spiro atoms. The van der Waals surface area contributed by atoms with Crippen molar-refractivity contribution >= 4 is 28.7 Å². The van der Waals surface area contributed by atoms with Crippen LogP contribution in [-0.2, 0) is 14.3 Å². The molecule has 7 nitrogen and oxygen atoms in total. The van der Waals surface area contributed by atoms with Gasteiger partial charge in [0.1, 0.15) is 5.75 Å². The van der Waals surface area contributed by atoms with Crippen molar-refractivity contribution in [2.75, 3.05) is 6.61 Å². The lowest BCUT2D eigenvalue weighted by Crippen LogP contribution is -2.42. The highest BCUT2D eigenvalue weighted by Crippen LogP contribution is 2.20. The lowest BCUT2D eigenvalue weighted by Gasteiger charge is -2.12. The van der Waals surface area contributed by atoms with Gasteiger partial charge < -0.3 is 15.2 Å². The van der Waals surface area contributed by atoms with Crippen molar-refractivity contribution in [2.24, 2.45) is 5.73 Å². The van der Waals surface area contributed by atoms with E-state index in [9.17, 15) is 14.4 Å². The molecule has 0 saturated heterocycles. The number of ether oxygens (including phenoxy) is 2. The van der Waals surface area contributed by atoms with E-state index in [2.05, 4.69) is 0 Å². The van der Waals surface area contributed by atoms with Crippen LogP contribution in [0, 0.1) is 0 Å². The molecule has 0 aliphatic rings. The van der Waals surface area contributed by atoms with E-state index < -0.39 is 24.0 Å². The van der Waals surface area contributed by atoms with Gasteiger partial charge in [-0.2, -0.15) is 0 Å². The minimum atomic E-state index is -1.14. The first-order chi connectivity index (χ1) is 11.0. The molecule has 0 aromatic heterocycles. The molecule has 0 bridgehead atoms. The number of esters is 1. The Morgan fingerprint density at radius 2 is 1.83 bits per heavy atom. The van der Waals surface area contributed by atoms with E-state index in [-0.39, 0.29) is 6.61 Å². The SMILES string of the molecule is CC(OC(=O)COc1ccc2ccccc2c1)C(=O)NC(N)=O. The first kappa shape index (κ1) is 16.3. The molecule has 2 aromatic carbocycles. The van der Waals surface area contributed by atoms with Crippen molar-refractivity contribution in [3.8, 4) is 5.75 Å². The molecule has 0 fully saturated rings. The number of fused-ring (bicyclic) bond motifs is 1. The summed E-state index contributed by atoms with van der Waals surface area (Å²) in [6.07, 6.45) is -1.14. The average molecular weight is 316 g/mol. The van der Waals surface area contributed by atoms with E-state index in [1.807, 2.05) is 35.6 Å². The number of nitrogens with one attached hydrogen (secondary N) is 1. The maximum atomic E-state index is 11.6. The van der Waals surface area contributed by atoms with Crippen LogP contribution in [0.3, 0.4) is 0 Å². The normalized spacial score (nSPS) is 11.5. The van der Waals surface area contributed by atoms with Crippen LogP contribution >= 0.6 is 0 Å².